The van der Waals surface area contributed by atoms with Gasteiger partial charge in [0.05, 0.1) is 20.6 Å². The summed E-state index contributed by atoms with van der Waals surface area (Å²) in [5.41, 5.74) is 0.900. The van der Waals surface area contributed by atoms with E-state index in [9.17, 15) is 14.4 Å². The Morgan fingerprint density at radius 3 is 2.11 bits per heavy atom. The normalized spacial score (nSPS) is 10.1. The number of benzene rings is 2. The van der Waals surface area contributed by atoms with Gasteiger partial charge in [0.25, 0.3) is 5.91 Å². The molecule has 0 radical (unpaired) electrons. The van der Waals surface area contributed by atoms with Gasteiger partial charge in [0.1, 0.15) is 11.5 Å². The van der Waals surface area contributed by atoms with Gasteiger partial charge in [0.2, 0.25) is 0 Å². The second-order valence-electron chi connectivity index (χ2n) is 5.74. The fourth-order valence-electron chi connectivity index (χ4n) is 2.29. The maximum atomic E-state index is 12.0. The number of ether oxygens (including phenoxy) is 3. The van der Waals surface area contributed by atoms with Crippen LogP contribution in [0.4, 0.5) is 5.69 Å². The molecule has 2 aromatic rings. The van der Waals surface area contributed by atoms with Gasteiger partial charge in [-0.25, -0.2) is 0 Å². The number of rotatable bonds is 9. The highest BCUT2D eigenvalue weighted by atomic mass is 35.5. The number of carbonyl (C=O) groups is 3. The number of hydrogen-bond acceptors (Lipinski definition) is 6. The Morgan fingerprint density at radius 1 is 0.929 bits per heavy atom. The average Bonchev–Trinajstić information content (AvgIpc) is 2.70. The smallest absolute Gasteiger partial charge is 0.306 e. The summed E-state index contributed by atoms with van der Waals surface area (Å²) in [6.45, 7) is -0.465. The molecule has 0 saturated heterocycles. The Hall–Kier alpha value is -3.06. The molecule has 0 aliphatic carbocycles. The molecule has 0 spiro atoms. The molecule has 0 aliphatic heterocycles. The van der Waals surface area contributed by atoms with Gasteiger partial charge in [-0.15, -0.1) is 0 Å². The number of carbonyl (C=O) groups excluding carboxylic acids is 3. The van der Waals surface area contributed by atoms with Crippen LogP contribution < -0.4 is 14.8 Å². The van der Waals surface area contributed by atoms with E-state index < -0.39 is 18.5 Å². The van der Waals surface area contributed by atoms with Crippen molar-refractivity contribution >= 4 is 34.9 Å². The van der Waals surface area contributed by atoms with Gasteiger partial charge in [-0.3, -0.25) is 14.4 Å². The number of Topliss-reactive ketones (excluding diaryl/α,β-unsaturated/α-hetero) is 1. The molecular formula is C20H20ClNO6. The van der Waals surface area contributed by atoms with Gasteiger partial charge in [0, 0.05) is 40.9 Å². The molecule has 0 unspecified atom stereocenters. The number of methoxy groups -OCH3 is 2. The Kier molecular flexibility index (Phi) is 7.83. The number of hydrogen-bond donors (Lipinski definition) is 1. The highest BCUT2D eigenvalue weighted by Gasteiger charge is 2.13. The molecule has 7 nitrogen and oxygen atoms in total. The average molecular weight is 406 g/mol. The van der Waals surface area contributed by atoms with Gasteiger partial charge < -0.3 is 19.5 Å². The molecule has 2 rings (SSSR count). The summed E-state index contributed by atoms with van der Waals surface area (Å²) in [5.74, 6) is -0.352. The van der Waals surface area contributed by atoms with E-state index in [0.29, 0.717) is 27.8 Å². The van der Waals surface area contributed by atoms with E-state index in [1.54, 1.807) is 42.5 Å². The third-order valence-electron chi connectivity index (χ3n) is 3.72. The highest BCUT2D eigenvalue weighted by molar-refractivity contribution is 6.30. The van der Waals surface area contributed by atoms with Crippen LogP contribution in [-0.2, 0) is 14.3 Å². The van der Waals surface area contributed by atoms with Crippen LogP contribution in [0.5, 0.6) is 11.5 Å². The van der Waals surface area contributed by atoms with E-state index in [4.69, 9.17) is 25.8 Å². The Labute approximate surface area is 167 Å². The summed E-state index contributed by atoms with van der Waals surface area (Å²) in [4.78, 5) is 35.7. The maximum Gasteiger partial charge on any atom is 0.306 e. The third kappa shape index (κ3) is 6.59. The number of anilines is 1. The second kappa shape index (κ2) is 10.3. The minimum Gasteiger partial charge on any atom is -0.497 e. The molecule has 0 aromatic heterocycles. The van der Waals surface area contributed by atoms with Gasteiger partial charge in [-0.1, -0.05) is 11.6 Å². The first-order valence-electron chi connectivity index (χ1n) is 8.38. The van der Waals surface area contributed by atoms with Gasteiger partial charge in [0.15, 0.2) is 12.4 Å². The van der Waals surface area contributed by atoms with Gasteiger partial charge in [-0.05, 0) is 24.3 Å². The molecule has 0 bridgehead atoms. The minimum absolute atomic E-state index is 0.0187. The largest absolute Gasteiger partial charge is 0.497 e. The van der Waals surface area contributed by atoms with E-state index in [1.165, 1.54) is 14.2 Å². The third-order valence-corrected chi connectivity index (χ3v) is 3.97. The van der Waals surface area contributed by atoms with E-state index in [-0.39, 0.29) is 18.6 Å². The van der Waals surface area contributed by atoms with Crippen LogP contribution in [0.15, 0.2) is 42.5 Å². The fraction of sp³-hybridized carbons (Fsp3) is 0.250. The maximum absolute atomic E-state index is 12.0. The number of halogens is 1. The van der Waals surface area contributed by atoms with Crippen molar-refractivity contribution in [2.24, 2.45) is 0 Å². The zero-order valence-corrected chi connectivity index (χ0v) is 16.2. The molecule has 0 heterocycles. The number of esters is 1. The predicted molar refractivity (Wildman–Crippen MR) is 104 cm³/mol. The summed E-state index contributed by atoms with van der Waals surface area (Å²) in [7, 11) is 2.99. The SMILES string of the molecule is COc1cc(NC(=O)COC(=O)CCC(=O)c2ccc(Cl)cc2)cc(OC)c1. The molecule has 8 heteroatoms. The number of nitrogens with one attached hydrogen (secondary N) is 1. The first kappa shape index (κ1) is 21.2. The standard InChI is InChI=1S/C20H20ClNO6/c1-26-16-9-15(10-17(11-16)27-2)22-19(24)12-28-20(25)8-7-18(23)13-3-5-14(21)6-4-13/h3-6,9-11H,7-8,12H2,1-2H3,(H,22,24). The van der Waals surface area contributed by atoms with Crippen molar-refractivity contribution in [1.82, 2.24) is 0 Å². The van der Waals surface area contributed by atoms with Crippen molar-refractivity contribution in [2.45, 2.75) is 12.8 Å². The predicted octanol–water partition coefficient (Wildman–Crippen LogP) is 3.50. The van der Waals surface area contributed by atoms with Crippen molar-refractivity contribution in [3.8, 4) is 11.5 Å². The van der Waals surface area contributed by atoms with Crippen LogP contribution in [0.1, 0.15) is 23.2 Å². The zero-order chi connectivity index (χ0) is 20.5. The fourth-order valence-corrected chi connectivity index (χ4v) is 2.42. The molecule has 0 saturated carbocycles. The Balaban J connectivity index is 1.78. The molecule has 1 amide bonds. The zero-order valence-electron chi connectivity index (χ0n) is 15.5. The van der Waals surface area contributed by atoms with Gasteiger partial charge >= 0.3 is 5.97 Å². The molecule has 2 aromatic carbocycles. The Morgan fingerprint density at radius 2 is 1.54 bits per heavy atom. The minimum atomic E-state index is -0.638. The summed E-state index contributed by atoms with van der Waals surface area (Å²) in [6, 6.07) is 11.3. The molecule has 28 heavy (non-hydrogen) atoms. The second-order valence-corrected chi connectivity index (χ2v) is 6.18. The van der Waals surface area contributed by atoms with Crippen LogP contribution in [0.25, 0.3) is 0 Å². The lowest BCUT2D eigenvalue weighted by atomic mass is 10.1. The van der Waals surface area contributed by atoms with Crippen molar-refractivity contribution < 1.29 is 28.6 Å². The quantitative estimate of drug-likeness (QED) is 0.507. The summed E-state index contributed by atoms with van der Waals surface area (Å²) in [6.07, 6.45) is -0.142. The lowest BCUT2D eigenvalue weighted by Gasteiger charge is -2.10. The van der Waals surface area contributed by atoms with Crippen LogP contribution in [0.2, 0.25) is 5.02 Å². The van der Waals surface area contributed by atoms with Crippen molar-refractivity contribution in [3.63, 3.8) is 0 Å². The van der Waals surface area contributed by atoms with Crippen molar-refractivity contribution in [3.05, 3.63) is 53.1 Å². The van der Waals surface area contributed by atoms with E-state index >= 15 is 0 Å². The first-order chi connectivity index (χ1) is 13.4. The van der Waals surface area contributed by atoms with E-state index in [1.807, 2.05) is 0 Å². The van der Waals surface area contributed by atoms with Crippen molar-refractivity contribution in [1.29, 1.82) is 0 Å². The molecular weight excluding hydrogens is 386 g/mol. The van der Waals surface area contributed by atoms with E-state index in [2.05, 4.69) is 5.32 Å². The van der Waals surface area contributed by atoms with Crippen molar-refractivity contribution in [2.75, 3.05) is 26.1 Å². The van der Waals surface area contributed by atoms with Crippen LogP contribution in [-0.4, -0.2) is 38.5 Å². The summed E-state index contributed by atoms with van der Waals surface area (Å²) >= 11 is 5.77. The molecule has 0 aliphatic rings. The van der Waals surface area contributed by atoms with E-state index in [0.717, 1.165) is 0 Å². The lowest BCUT2D eigenvalue weighted by molar-refractivity contribution is -0.147. The molecule has 148 valence electrons. The molecule has 1 N–H and O–H groups in total. The topological polar surface area (TPSA) is 90.9 Å². The summed E-state index contributed by atoms with van der Waals surface area (Å²) < 4.78 is 15.1. The van der Waals surface area contributed by atoms with Crippen LogP contribution >= 0.6 is 11.6 Å². The molecule has 0 atom stereocenters. The van der Waals surface area contributed by atoms with Crippen LogP contribution in [0.3, 0.4) is 0 Å². The Bertz CT molecular complexity index is 828. The number of amides is 1. The first-order valence-corrected chi connectivity index (χ1v) is 8.76. The van der Waals surface area contributed by atoms with Gasteiger partial charge in [-0.2, -0.15) is 0 Å². The monoisotopic (exact) mass is 405 g/mol. The number of ketones is 1. The lowest BCUT2D eigenvalue weighted by Crippen LogP contribution is -2.21. The van der Waals surface area contributed by atoms with Crippen LogP contribution in [0, 0.1) is 0 Å². The molecule has 0 fully saturated rings. The highest BCUT2D eigenvalue weighted by Crippen LogP contribution is 2.25. The summed E-state index contributed by atoms with van der Waals surface area (Å²) in [5, 5.41) is 3.11.